The molecule has 112 valence electrons. The van der Waals surface area contributed by atoms with Crippen LogP contribution in [0.3, 0.4) is 0 Å². The van der Waals surface area contributed by atoms with E-state index in [4.69, 9.17) is 4.74 Å². The quantitative estimate of drug-likeness (QED) is 0.377. The second-order valence-electron chi connectivity index (χ2n) is 4.91. The van der Waals surface area contributed by atoms with Gasteiger partial charge in [-0.3, -0.25) is 14.9 Å². The first-order valence-electron chi connectivity index (χ1n) is 6.87. The zero-order valence-corrected chi connectivity index (χ0v) is 11.9. The lowest BCUT2D eigenvalue weighted by molar-refractivity contribution is -0.384. The third kappa shape index (κ3) is 4.13. The third-order valence-electron chi connectivity index (χ3n) is 3.42. The van der Waals surface area contributed by atoms with Crippen molar-refractivity contribution in [2.24, 2.45) is 0 Å². The molecule has 0 spiro atoms. The summed E-state index contributed by atoms with van der Waals surface area (Å²) in [5.74, 6) is -0.183. The molecular weight excluding hydrogens is 272 g/mol. The molecule has 1 aliphatic rings. The Balaban J connectivity index is 2.03. The fourth-order valence-corrected chi connectivity index (χ4v) is 2.20. The van der Waals surface area contributed by atoms with Crippen molar-refractivity contribution in [3.8, 4) is 0 Å². The van der Waals surface area contributed by atoms with Crippen LogP contribution in [0.5, 0.6) is 0 Å². The van der Waals surface area contributed by atoms with Crippen molar-refractivity contribution in [3.05, 3.63) is 45.5 Å². The summed E-state index contributed by atoms with van der Waals surface area (Å²) in [4.78, 5) is 21.9. The second kappa shape index (κ2) is 6.99. The fourth-order valence-electron chi connectivity index (χ4n) is 2.20. The SMILES string of the molecule is CC(=O)c1ccc(NCCC2=CCOCC2)c([N+](=O)[O-])c1. The van der Waals surface area contributed by atoms with Gasteiger partial charge in [-0.25, -0.2) is 0 Å². The van der Waals surface area contributed by atoms with Gasteiger partial charge in [-0.2, -0.15) is 0 Å². The summed E-state index contributed by atoms with van der Waals surface area (Å²) in [7, 11) is 0. The highest BCUT2D eigenvalue weighted by Crippen LogP contribution is 2.26. The van der Waals surface area contributed by atoms with Crippen LogP contribution in [0.25, 0.3) is 0 Å². The lowest BCUT2D eigenvalue weighted by Crippen LogP contribution is -2.10. The number of nitro benzene ring substituents is 1. The van der Waals surface area contributed by atoms with Gasteiger partial charge in [0.2, 0.25) is 0 Å². The molecule has 1 aliphatic heterocycles. The molecule has 0 aromatic heterocycles. The Hall–Kier alpha value is -2.21. The average Bonchev–Trinajstić information content (AvgIpc) is 2.48. The second-order valence-corrected chi connectivity index (χ2v) is 4.91. The molecule has 21 heavy (non-hydrogen) atoms. The van der Waals surface area contributed by atoms with Crippen LogP contribution in [0.15, 0.2) is 29.8 Å². The number of ether oxygens (including phenoxy) is 1. The first kappa shape index (κ1) is 15.2. The summed E-state index contributed by atoms with van der Waals surface area (Å²) < 4.78 is 5.23. The maximum Gasteiger partial charge on any atom is 0.293 e. The number of ketones is 1. The number of nitro groups is 1. The minimum absolute atomic E-state index is 0.0661. The number of carbonyl (C=O) groups is 1. The predicted octanol–water partition coefficient (Wildman–Crippen LogP) is 2.95. The van der Waals surface area contributed by atoms with E-state index >= 15 is 0 Å². The van der Waals surface area contributed by atoms with E-state index in [-0.39, 0.29) is 11.5 Å². The Labute approximate surface area is 122 Å². The number of Topliss-reactive ketones (excluding diaryl/α,β-unsaturated/α-hetero) is 1. The summed E-state index contributed by atoms with van der Waals surface area (Å²) in [6.07, 6.45) is 3.79. The highest BCUT2D eigenvalue weighted by Gasteiger charge is 2.16. The molecule has 0 fully saturated rings. The molecule has 0 bridgehead atoms. The molecule has 1 aromatic rings. The van der Waals surface area contributed by atoms with Gasteiger partial charge >= 0.3 is 0 Å². The predicted molar refractivity (Wildman–Crippen MR) is 79.7 cm³/mol. The van der Waals surface area contributed by atoms with E-state index in [1.165, 1.54) is 18.6 Å². The van der Waals surface area contributed by atoms with E-state index in [0.717, 1.165) is 19.4 Å². The van der Waals surface area contributed by atoms with Gasteiger partial charge in [0.1, 0.15) is 5.69 Å². The van der Waals surface area contributed by atoms with Crippen molar-refractivity contribution in [2.45, 2.75) is 19.8 Å². The number of anilines is 1. The number of nitrogens with one attached hydrogen (secondary N) is 1. The molecule has 2 rings (SSSR count). The molecule has 0 atom stereocenters. The minimum Gasteiger partial charge on any atom is -0.379 e. The van der Waals surface area contributed by atoms with Gasteiger partial charge in [-0.15, -0.1) is 0 Å². The van der Waals surface area contributed by atoms with Crippen molar-refractivity contribution in [3.63, 3.8) is 0 Å². The summed E-state index contributed by atoms with van der Waals surface area (Å²) in [5, 5.41) is 14.2. The fraction of sp³-hybridized carbons (Fsp3) is 0.400. The smallest absolute Gasteiger partial charge is 0.293 e. The van der Waals surface area contributed by atoms with Gasteiger partial charge in [0.25, 0.3) is 5.69 Å². The van der Waals surface area contributed by atoms with Crippen LogP contribution >= 0.6 is 0 Å². The number of benzene rings is 1. The van der Waals surface area contributed by atoms with E-state index in [1.807, 2.05) is 0 Å². The Morgan fingerprint density at radius 1 is 1.48 bits per heavy atom. The molecule has 1 N–H and O–H groups in total. The van der Waals surface area contributed by atoms with Gasteiger partial charge in [-0.05, 0) is 31.9 Å². The Kier molecular flexibility index (Phi) is 5.05. The normalized spacial score (nSPS) is 14.4. The van der Waals surface area contributed by atoms with Gasteiger partial charge in [0.05, 0.1) is 18.1 Å². The van der Waals surface area contributed by atoms with Gasteiger partial charge in [0.15, 0.2) is 5.78 Å². The highest BCUT2D eigenvalue weighted by molar-refractivity contribution is 5.95. The topological polar surface area (TPSA) is 81.5 Å². The van der Waals surface area contributed by atoms with E-state index in [2.05, 4.69) is 11.4 Å². The lowest BCUT2D eigenvalue weighted by atomic mass is 10.1. The van der Waals surface area contributed by atoms with E-state index < -0.39 is 4.92 Å². The van der Waals surface area contributed by atoms with Crippen LogP contribution in [0, 0.1) is 10.1 Å². The number of carbonyl (C=O) groups excluding carboxylic acids is 1. The zero-order chi connectivity index (χ0) is 15.2. The summed E-state index contributed by atoms with van der Waals surface area (Å²) in [5.41, 5.74) is 2.03. The maximum atomic E-state index is 11.3. The number of hydrogen-bond acceptors (Lipinski definition) is 5. The van der Waals surface area contributed by atoms with E-state index in [9.17, 15) is 14.9 Å². The molecule has 0 amide bonds. The van der Waals surface area contributed by atoms with Crippen LogP contribution in [0.1, 0.15) is 30.1 Å². The van der Waals surface area contributed by atoms with Crippen molar-refractivity contribution in [1.29, 1.82) is 0 Å². The standard InChI is InChI=1S/C15H18N2O4/c1-11(18)13-2-3-14(15(10-13)17(19)20)16-7-4-12-5-8-21-9-6-12/h2-3,5,10,16H,4,6-9H2,1H3. The van der Waals surface area contributed by atoms with Crippen LogP contribution in [0.4, 0.5) is 11.4 Å². The summed E-state index contributed by atoms with van der Waals surface area (Å²) in [6, 6.07) is 4.51. The molecule has 1 heterocycles. The molecule has 0 saturated heterocycles. The van der Waals surface area contributed by atoms with Crippen LogP contribution in [0.2, 0.25) is 0 Å². The van der Waals surface area contributed by atoms with Crippen molar-refractivity contribution >= 4 is 17.2 Å². The maximum absolute atomic E-state index is 11.3. The molecule has 1 aromatic carbocycles. The largest absolute Gasteiger partial charge is 0.379 e. The van der Waals surface area contributed by atoms with Gasteiger partial charge in [-0.1, -0.05) is 11.6 Å². The third-order valence-corrected chi connectivity index (χ3v) is 3.42. The van der Waals surface area contributed by atoms with Crippen molar-refractivity contribution < 1.29 is 14.5 Å². The zero-order valence-electron chi connectivity index (χ0n) is 11.9. The Morgan fingerprint density at radius 2 is 2.29 bits per heavy atom. The molecule has 0 aliphatic carbocycles. The Bertz CT molecular complexity index is 581. The van der Waals surface area contributed by atoms with Crippen molar-refractivity contribution in [2.75, 3.05) is 25.1 Å². The van der Waals surface area contributed by atoms with E-state index in [0.29, 0.717) is 24.4 Å². The van der Waals surface area contributed by atoms with Gasteiger partial charge < -0.3 is 10.1 Å². The molecular formula is C15H18N2O4. The molecule has 6 nitrogen and oxygen atoms in total. The lowest BCUT2D eigenvalue weighted by Gasteiger charge is -2.14. The first-order chi connectivity index (χ1) is 10.1. The van der Waals surface area contributed by atoms with Gasteiger partial charge in [0, 0.05) is 18.2 Å². The molecule has 6 heteroatoms. The van der Waals surface area contributed by atoms with E-state index in [1.54, 1.807) is 12.1 Å². The number of nitrogens with zero attached hydrogens (tertiary/aromatic N) is 1. The first-order valence-corrected chi connectivity index (χ1v) is 6.87. The summed E-state index contributed by atoms with van der Waals surface area (Å²) >= 11 is 0. The summed E-state index contributed by atoms with van der Waals surface area (Å²) in [6.45, 7) is 3.39. The van der Waals surface area contributed by atoms with Crippen LogP contribution < -0.4 is 5.32 Å². The molecule has 0 saturated carbocycles. The minimum atomic E-state index is -0.470. The molecule has 0 unspecified atom stereocenters. The number of rotatable bonds is 6. The highest BCUT2D eigenvalue weighted by atomic mass is 16.6. The molecule has 0 radical (unpaired) electrons. The number of hydrogen-bond donors (Lipinski definition) is 1. The van der Waals surface area contributed by atoms with Crippen LogP contribution in [-0.2, 0) is 4.74 Å². The van der Waals surface area contributed by atoms with Crippen LogP contribution in [-0.4, -0.2) is 30.5 Å². The monoisotopic (exact) mass is 290 g/mol. The average molecular weight is 290 g/mol. The Morgan fingerprint density at radius 3 is 2.90 bits per heavy atom. The van der Waals surface area contributed by atoms with Crippen molar-refractivity contribution in [1.82, 2.24) is 0 Å².